The highest BCUT2D eigenvalue weighted by Gasteiger charge is 2.24. The van der Waals surface area contributed by atoms with E-state index in [2.05, 4.69) is 29.1 Å². The van der Waals surface area contributed by atoms with Gasteiger partial charge in [0.25, 0.3) is 0 Å². The monoisotopic (exact) mass is 754 g/mol. The number of aromatic amines is 1. The number of H-pyrrole nitrogens is 1. The van der Waals surface area contributed by atoms with Crippen LogP contribution >= 0.6 is 0 Å². The predicted octanol–water partition coefficient (Wildman–Crippen LogP) is 2.99. The number of aromatic nitrogens is 2. The molecule has 0 radical (unpaired) electrons. The molecule has 2 unspecified atom stereocenters. The first-order chi connectivity index (χ1) is 24.5. The van der Waals surface area contributed by atoms with Gasteiger partial charge in [-0.05, 0) is 57.4 Å². The van der Waals surface area contributed by atoms with E-state index in [1.54, 1.807) is 27.0 Å². The van der Waals surface area contributed by atoms with Crippen molar-refractivity contribution in [1.29, 1.82) is 0 Å². The average Bonchev–Trinajstić information content (AvgIpc) is 3.56. The maximum atomic E-state index is 11.6. The Balaban J connectivity index is 0. The Kier molecular flexibility index (Phi) is 25.8. The number of carboxylic acids is 4. The van der Waals surface area contributed by atoms with Crippen LogP contribution in [0.1, 0.15) is 91.8 Å². The first-order valence-electron chi connectivity index (χ1n) is 17.3. The van der Waals surface area contributed by atoms with Crippen LogP contribution in [0.25, 0.3) is 0 Å². The third-order valence-corrected chi connectivity index (χ3v) is 7.19. The van der Waals surface area contributed by atoms with Crippen molar-refractivity contribution in [3.05, 3.63) is 54.1 Å². The fraction of sp³-hybridized carbons (Fsp3) is 0.611. The van der Waals surface area contributed by atoms with Gasteiger partial charge in [-0.1, -0.05) is 64.4 Å². The molecule has 6 atom stereocenters. The normalized spacial score (nSPS) is 14.1. The van der Waals surface area contributed by atoms with E-state index in [1.807, 2.05) is 44.2 Å². The molecule has 0 saturated carbocycles. The number of hydrogen-bond acceptors (Lipinski definition) is 11. The standard InChI is InChI=1S/C14H19NO4.C8H17NO3.C8H17NO2.C6H9N3O2/c1-14(2,3)19-13(18)15-11(12(16)17)9-10-7-5-4-6-8-10;1-5(2)3-6(9)7(10)4-8(11)12;1-3-6(2)4-5-7(9)8(10)11;7-5(6(10)11)1-4-2-8-3-9-4/h4-8,11H,9H2,1-3H3,(H,15,18)(H,16,17);5-7,10H,3-4,9H2,1-2H3,(H,11,12);6-7H,3-5,9H2,1-2H3,(H,10,11);2-3,5H,1,7H2,(H,8,9)(H,10,11)/t11-;6-,7-;;5-/m00.0/s1. The first kappa shape index (κ1) is 50.5. The lowest BCUT2D eigenvalue weighted by atomic mass is 9.98. The van der Waals surface area contributed by atoms with Gasteiger partial charge in [-0.25, -0.2) is 14.6 Å². The van der Waals surface area contributed by atoms with Gasteiger partial charge in [-0.2, -0.15) is 0 Å². The highest BCUT2D eigenvalue weighted by molar-refractivity contribution is 5.80. The number of amides is 1. The SMILES string of the molecule is CC(C)(C)OC(=O)N[C@@H](Cc1ccccc1)C(=O)O.CC(C)C[C@H](N)[C@@H](O)CC(=O)O.CCC(C)CCC(N)C(=O)O.N[C@@H](Cc1cnc[nH]1)C(=O)O. The number of rotatable bonds is 17. The molecule has 2 aromatic rings. The summed E-state index contributed by atoms with van der Waals surface area (Å²) in [6.07, 6.45) is 4.86. The van der Waals surface area contributed by atoms with E-state index in [1.165, 1.54) is 6.33 Å². The Morgan fingerprint density at radius 1 is 0.868 bits per heavy atom. The molecule has 0 bridgehead atoms. The van der Waals surface area contributed by atoms with Crippen molar-refractivity contribution in [3.63, 3.8) is 0 Å². The number of hydrogen-bond donors (Lipinski definition) is 10. The zero-order valence-corrected chi connectivity index (χ0v) is 31.9. The van der Waals surface area contributed by atoms with Crippen molar-refractivity contribution in [3.8, 4) is 0 Å². The molecule has 1 aromatic heterocycles. The summed E-state index contributed by atoms with van der Waals surface area (Å²) < 4.78 is 5.04. The third-order valence-electron chi connectivity index (χ3n) is 7.19. The molecular weight excluding hydrogens is 692 g/mol. The second kappa shape index (κ2) is 27.1. The summed E-state index contributed by atoms with van der Waals surface area (Å²) in [5, 5.41) is 45.9. The van der Waals surface area contributed by atoms with Crippen molar-refractivity contribution in [2.75, 3.05) is 0 Å². The molecule has 53 heavy (non-hydrogen) atoms. The lowest BCUT2D eigenvalue weighted by Gasteiger charge is -2.22. The second-order valence-electron chi connectivity index (χ2n) is 13.9. The molecule has 302 valence electrons. The van der Waals surface area contributed by atoms with E-state index in [0.29, 0.717) is 24.7 Å². The van der Waals surface area contributed by atoms with Gasteiger partial charge in [0.2, 0.25) is 0 Å². The van der Waals surface area contributed by atoms with Crippen LogP contribution in [0.2, 0.25) is 0 Å². The summed E-state index contributed by atoms with van der Waals surface area (Å²) >= 11 is 0. The number of nitrogens with one attached hydrogen (secondary N) is 2. The van der Waals surface area contributed by atoms with E-state index in [9.17, 15) is 29.1 Å². The van der Waals surface area contributed by atoms with Crippen LogP contribution in [0.4, 0.5) is 4.79 Å². The third kappa shape index (κ3) is 28.7. The second-order valence-corrected chi connectivity index (χ2v) is 13.9. The van der Waals surface area contributed by atoms with Crippen LogP contribution in [0.5, 0.6) is 0 Å². The van der Waals surface area contributed by atoms with E-state index in [0.717, 1.165) is 24.1 Å². The lowest BCUT2D eigenvalue weighted by molar-refractivity contribution is -0.140. The minimum atomic E-state index is -1.09. The topological polar surface area (TPSA) is 314 Å². The minimum Gasteiger partial charge on any atom is -0.481 e. The number of nitrogens with zero attached hydrogens (tertiary/aromatic N) is 1. The van der Waals surface area contributed by atoms with E-state index < -0.39 is 65.8 Å². The maximum absolute atomic E-state index is 11.6. The van der Waals surface area contributed by atoms with E-state index >= 15 is 0 Å². The van der Waals surface area contributed by atoms with Crippen molar-refractivity contribution in [2.45, 2.75) is 129 Å². The lowest BCUT2D eigenvalue weighted by Crippen LogP contribution is -2.44. The molecule has 13 N–H and O–H groups in total. The molecule has 0 saturated heterocycles. The van der Waals surface area contributed by atoms with Crippen LogP contribution in [0.15, 0.2) is 42.9 Å². The zero-order chi connectivity index (χ0) is 41.3. The minimum absolute atomic E-state index is 0.218. The van der Waals surface area contributed by atoms with Crippen molar-refractivity contribution in [2.24, 2.45) is 29.0 Å². The Bertz CT molecular complexity index is 1320. The van der Waals surface area contributed by atoms with Crippen LogP contribution in [0, 0.1) is 11.8 Å². The largest absolute Gasteiger partial charge is 0.481 e. The highest BCUT2D eigenvalue weighted by atomic mass is 16.6. The van der Waals surface area contributed by atoms with Gasteiger partial charge in [-0.15, -0.1) is 0 Å². The Morgan fingerprint density at radius 2 is 1.43 bits per heavy atom. The summed E-state index contributed by atoms with van der Waals surface area (Å²) in [5.41, 5.74) is 17.1. The molecule has 0 aliphatic rings. The number of carbonyl (C=O) groups is 5. The Labute approximate surface area is 311 Å². The fourth-order valence-corrected chi connectivity index (χ4v) is 4.04. The molecule has 0 aliphatic carbocycles. The quantitative estimate of drug-likeness (QED) is 0.111. The van der Waals surface area contributed by atoms with Crippen LogP contribution in [-0.2, 0) is 36.8 Å². The van der Waals surface area contributed by atoms with Crippen molar-refractivity contribution in [1.82, 2.24) is 15.3 Å². The van der Waals surface area contributed by atoms with E-state index in [-0.39, 0.29) is 19.3 Å². The number of nitrogens with two attached hydrogens (primary N) is 3. The number of aliphatic hydroxyl groups is 1. The molecular formula is C36H62N6O11. The highest BCUT2D eigenvalue weighted by Crippen LogP contribution is 2.11. The Morgan fingerprint density at radius 3 is 1.85 bits per heavy atom. The molecule has 1 heterocycles. The van der Waals surface area contributed by atoms with Gasteiger partial charge in [0.05, 0.1) is 18.9 Å². The Hall–Kier alpha value is -4.58. The van der Waals surface area contributed by atoms with Gasteiger partial charge < -0.3 is 57.8 Å². The average molecular weight is 755 g/mol. The van der Waals surface area contributed by atoms with Crippen LogP contribution in [0.3, 0.4) is 0 Å². The number of imidazole rings is 1. The van der Waals surface area contributed by atoms with Crippen LogP contribution < -0.4 is 22.5 Å². The van der Waals surface area contributed by atoms with Gasteiger partial charge in [0, 0.05) is 30.8 Å². The van der Waals surface area contributed by atoms with Gasteiger partial charge in [0.1, 0.15) is 23.7 Å². The molecule has 1 amide bonds. The predicted molar refractivity (Wildman–Crippen MR) is 199 cm³/mol. The molecule has 0 spiro atoms. The summed E-state index contributed by atoms with van der Waals surface area (Å²) in [7, 11) is 0. The summed E-state index contributed by atoms with van der Waals surface area (Å²) in [6.45, 7) is 13.3. The summed E-state index contributed by atoms with van der Waals surface area (Å²) in [4.78, 5) is 59.9. The fourth-order valence-electron chi connectivity index (χ4n) is 4.04. The van der Waals surface area contributed by atoms with Crippen molar-refractivity contribution >= 4 is 30.0 Å². The van der Waals surface area contributed by atoms with Gasteiger partial charge in [-0.3, -0.25) is 14.4 Å². The number of carbonyl (C=O) groups excluding carboxylic acids is 1. The smallest absolute Gasteiger partial charge is 0.408 e. The number of benzene rings is 1. The number of carboxylic acid groups (broad SMARTS) is 4. The van der Waals surface area contributed by atoms with Gasteiger partial charge in [0.15, 0.2) is 0 Å². The summed E-state index contributed by atoms with van der Waals surface area (Å²) in [6, 6.07) is 6.15. The zero-order valence-electron chi connectivity index (χ0n) is 31.9. The number of aliphatic carboxylic acids is 4. The van der Waals surface area contributed by atoms with Crippen LogP contribution in [-0.4, -0.2) is 101 Å². The molecule has 1 aromatic carbocycles. The molecule has 0 aliphatic heterocycles. The number of ether oxygens (including phenoxy) is 1. The van der Waals surface area contributed by atoms with E-state index in [4.69, 9.17) is 42.4 Å². The summed E-state index contributed by atoms with van der Waals surface area (Å²) in [5.74, 6) is -3.03. The number of alkyl carbamates (subject to hydrolysis) is 1. The van der Waals surface area contributed by atoms with Gasteiger partial charge >= 0.3 is 30.0 Å². The maximum Gasteiger partial charge on any atom is 0.408 e. The molecule has 2 rings (SSSR count). The number of aliphatic hydroxyl groups excluding tert-OH is 1. The molecule has 0 fully saturated rings. The van der Waals surface area contributed by atoms with Crippen molar-refractivity contribution < 1.29 is 54.2 Å². The molecule has 17 nitrogen and oxygen atoms in total. The first-order valence-corrected chi connectivity index (χ1v) is 17.3. The molecule has 17 heteroatoms.